The van der Waals surface area contributed by atoms with Gasteiger partial charge in [0.2, 0.25) is 5.91 Å². The molecular formula is C15H23N3O. The second-order valence-electron chi connectivity index (χ2n) is 5.33. The molecule has 1 amide bonds. The third kappa shape index (κ3) is 3.77. The minimum absolute atomic E-state index is 0.208. The molecule has 1 fully saturated rings. The molecule has 1 heterocycles. The topological polar surface area (TPSA) is 45.2 Å². The monoisotopic (exact) mass is 261 g/mol. The highest BCUT2D eigenvalue weighted by Gasteiger charge is 2.25. The van der Waals surface area contributed by atoms with E-state index in [2.05, 4.69) is 10.3 Å². The number of carbonyl (C=O) groups is 1. The Balaban J connectivity index is 1.86. The molecule has 4 nitrogen and oxygen atoms in total. The normalized spacial score (nSPS) is 23.1. The van der Waals surface area contributed by atoms with Crippen LogP contribution in [0.5, 0.6) is 0 Å². The van der Waals surface area contributed by atoms with E-state index < -0.39 is 0 Å². The zero-order chi connectivity index (χ0) is 13.7. The van der Waals surface area contributed by atoms with Crippen molar-refractivity contribution >= 4 is 5.91 Å². The Morgan fingerprint density at radius 1 is 1.32 bits per heavy atom. The molecule has 0 aromatic carbocycles. The molecular weight excluding hydrogens is 238 g/mol. The predicted octanol–water partition coefficient (Wildman–Crippen LogP) is 1.61. The lowest BCUT2D eigenvalue weighted by atomic mass is 9.90. The van der Waals surface area contributed by atoms with E-state index in [0.717, 1.165) is 31.2 Å². The fourth-order valence-electron chi connectivity index (χ4n) is 2.76. The number of nitrogens with one attached hydrogen (secondary N) is 1. The van der Waals surface area contributed by atoms with Crippen molar-refractivity contribution in [3.05, 3.63) is 30.1 Å². The van der Waals surface area contributed by atoms with Crippen LogP contribution in [0.25, 0.3) is 0 Å². The summed E-state index contributed by atoms with van der Waals surface area (Å²) in [6, 6.07) is 4.84. The first-order valence-corrected chi connectivity index (χ1v) is 7.02. The molecule has 0 atom stereocenters. The number of rotatable bonds is 4. The summed E-state index contributed by atoms with van der Waals surface area (Å²) in [6.07, 6.45) is 8.47. The molecule has 0 spiro atoms. The van der Waals surface area contributed by atoms with E-state index in [9.17, 15) is 4.79 Å². The maximum Gasteiger partial charge on any atom is 0.226 e. The maximum absolute atomic E-state index is 12.3. The standard InChI is InChI=1S/C15H23N3O/c1-16-13-3-5-14(6-4-13)18(2)15(19)11-12-7-9-17-10-8-12/h7-10,13-14,16H,3-6,11H2,1-2H3. The van der Waals surface area contributed by atoms with Gasteiger partial charge in [0.15, 0.2) is 0 Å². The average molecular weight is 261 g/mol. The number of aromatic nitrogens is 1. The first-order valence-electron chi connectivity index (χ1n) is 7.02. The van der Waals surface area contributed by atoms with Crippen LogP contribution in [0, 0.1) is 0 Å². The maximum atomic E-state index is 12.3. The first-order chi connectivity index (χ1) is 9.20. The lowest BCUT2D eigenvalue weighted by Crippen LogP contribution is -2.43. The molecule has 104 valence electrons. The van der Waals surface area contributed by atoms with Gasteiger partial charge in [-0.1, -0.05) is 0 Å². The summed E-state index contributed by atoms with van der Waals surface area (Å²) in [7, 11) is 3.96. The Labute approximate surface area is 115 Å². The third-order valence-electron chi connectivity index (χ3n) is 4.15. The number of amides is 1. The SMILES string of the molecule is CNC1CCC(N(C)C(=O)Cc2ccncc2)CC1. The van der Waals surface area contributed by atoms with Crippen molar-refractivity contribution < 1.29 is 4.79 Å². The van der Waals surface area contributed by atoms with E-state index in [4.69, 9.17) is 0 Å². The molecule has 2 rings (SSSR count). The van der Waals surface area contributed by atoms with Crippen molar-refractivity contribution in [1.82, 2.24) is 15.2 Å². The van der Waals surface area contributed by atoms with Crippen LogP contribution in [0.4, 0.5) is 0 Å². The largest absolute Gasteiger partial charge is 0.342 e. The van der Waals surface area contributed by atoms with Crippen LogP contribution in [0.15, 0.2) is 24.5 Å². The molecule has 1 aliphatic rings. The van der Waals surface area contributed by atoms with Gasteiger partial charge < -0.3 is 10.2 Å². The van der Waals surface area contributed by atoms with Crippen LogP contribution in [-0.4, -0.2) is 42.0 Å². The number of nitrogens with zero attached hydrogens (tertiary/aromatic N) is 2. The summed E-state index contributed by atoms with van der Waals surface area (Å²) in [5.41, 5.74) is 1.04. The van der Waals surface area contributed by atoms with Crippen molar-refractivity contribution in [3.8, 4) is 0 Å². The van der Waals surface area contributed by atoms with Crippen LogP contribution in [0.1, 0.15) is 31.2 Å². The number of carbonyl (C=O) groups excluding carboxylic acids is 1. The van der Waals surface area contributed by atoms with E-state index in [0.29, 0.717) is 18.5 Å². The third-order valence-corrected chi connectivity index (χ3v) is 4.15. The van der Waals surface area contributed by atoms with E-state index >= 15 is 0 Å². The highest BCUT2D eigenvalue weighted by atomic mass is 16.2. The van der Waals surface area contributed by atoms with Gasteiger partial charge in [0.05, 0.1) is 6.42 Å². The zero-order valence-electron chi connectivity index (χ0n) is 11.8. The summed E-state index contributed by atoms with van der Waals surface area (Å²) >= 11 is 0. The van der Waals surface area contributed by atoms with E-state index in [1.54, 1.807) is 12.4 Å². The second-order valence-corrected chi connectivity index (χ2v) is 5.33. The summed E-state index contributed by atoms with van der Waals surface area (Å²) in [5, 5.41) is 3.32. The van der Waals surface area contributed by atoms with Crippen molar-refractivity contribution in [2.75, 3.05) is 14.1 Å². The lowest BCUT2D eigenvalue weighted by molar-refractivity contribution is -0.131. The number of pyridine rings is 1. The minimum Gasteiger partial charge on any atom is -0.342 e. The smallest absolute Gasteiger partial charge is 0.226 e. The van der Waals surface area contributed by atoms with E-state index in [-0.39, 0.29) is 5.91 Å². The van der Waals surface area contributed by atoms with Gasteiger partial charge in [0, 0.05) is 31.5 Å². The van der Waals surface area contributed by atoms with Gasteiger partial charge in [-0.3, -0.25) is 9.78 Å². The quantitative estimate of drug-likeness (QED) is 0.895. The molecule has 1 saturated carbocycles. The number of likely N-dealkylation sites (N-methyl/N-ethyl adjacent to an activating group) is 1. The van der Waals surface area contributed by atoms with Crippen molar-refractivity contribution in [3.63, 3.8) is 0 Å². The van der Waals surface area contributed by atoms with Gasteiger partial charge in [0.25, 0.3) is 0 Å². The molecule has 4 heteroatoms. The Bertz CT molecular complexity index is 399. The minimum atomic E-state index is 0.208. The van der Waals surface area contributed by atoms with Crippen LogP contribution >= 0.6 is 0 Å². The van der Waals surface area contributed by atoms with Crippen molar-refractivity contribution in [1.29, 1.82) is 0 Å². The van der Waals surface area contributed by atoms with Gasteiger partial charge in [-0.2, -0.15) is 0 Å². The van der Waals surface area contributed by atoms with Gasteiger partial charge in [-0.05, 0) is 50.4 Å². The first kappa shape index (κ1) is 14.0. The van der Waals surface area contributed by atoms with Gasteiger partial charge in [-0.15, -0.1) is 0 Å². The molecule has 0 unspecified atom stereocenters. The highest BCUT2D eigenvalue weighted by Crippen LogP contribution is 2.22. The molecule has 0 bridgehead atoms. The Morgan fingerprint density at radius 2 is 1.95 bits per heavy atom. The predicted molar refractivity (Wildman–Crippen MR) is 75.8 cm³/mol. The zero-order valence-corrected chi connectivity index (χ0v) is 11.8. The summed E-state index contributed by atoms with van der Waals surface area (Å²) < 4.78 is 0. The Kier molecular flexibility index (Phi) is 4.91. The van der Waals surface area contributed by atoms with Crippen LogP contribution in [0.3, 0.4) is 0 Å². The summed E-state index contributed by atoms with van der Waals surface area (Å²) in [6.45, 7) is 0. The van der Waals surface area contributed by atoms with Crippen molar-refractivity contribution in [2.24, 2.45) is 0 Å². The van der Waals surface area contributed by atoms with Crippen LogP contribution in [-0.2, 0) is 11.2 Å². The summed E-state index contributed by atoms with van der Waals surface area (Å²) in [4.78, 5) is 18.2. The molecule has 1 N–H and O–H groups in total. The summed E-state index contributed by atoms with van der Waals surface area (Å²) in [5.74, 6) is 0.208. The second kappa shape index (κ2) is 6.66. The van der Waals surface area contributed by atoms with Gasteiger partial charge >= 0.3 is 0 Å². The fourth-order valence-corrected chi connectivity index (χ4v) is 2.76. The number of hydrogen-bond acceptors (Lipinski definition) is 3. The van der Waals surface area contributed by atoms with E-state index in [1.807, 2.05) is 31.1 Å². The number of hydrogen-bond donors (Lipinski definition) is 1. The van der Waals surface area contributed by atoms with Crippen LogP contribution in [0.2, 0.25) is 0 Å². The Hall–Kier alpha value is -1.42. The molecule has 1 aliphatic carbocycles. The molecule has 0 aliphatic heterocycles. The molecule has 0 saturated heterocycles. The lowest BCUT2D eigenvalue weighted by Gasteiger charge is -2.34. The highest BCUT2D eigenvalue weighted by molar-refractivity contribution is 5.78. The molecule has 1 aromatic rings. The Morgan fingerprint density at radius 3 is 2.53 bits per heavy atom. The van der Waals surface area contributed by atoms with Gasteiger partial charge in [-0.25, -0.2) is 0 Å². The van der Waals surface area contributed by atoms with Crippen LogP contribution < -0.4 is 5.32 Å². The molecule has 1 aromatic heterocycles. The molecule has 0 radical (unpaired) electrons. The fraction of sp³-hybridized carbons (Fsp3) is 0.600. The van der Waals surface area contributed by atoms with E-state index in [1.165, 1.54) is 0 Å². The van der Waals surface area contributed by atoms with Gasteiger partial charge in [0.1, 0.15) is 0 Å². The average Bonchev–Trinajstić information content (AvgIpc) is 2.47. The van der Waals surface area contributed by atoms with Crippen molar-refractivity contribution in [2.45, 2.75) is 44.2 Å². The molecule has 19 heavy (non-hydrogen) atoms.